The van der Waals surface area contributed by atoms with E-state index < -0.39 is 19.8 Å². The molecule has 0 saturated carbocycles. The van der Waals surface area contributed by atoms with Crippen LogP contribution in [0.4, 0.5) is 18.9 Å². The zero-order chi connectivity index (χ0) is 13.3. The van der Waals surface area contributed by atoms with Gasteiger partial charge in [-0.2, -0.15) is 13.2 Å². The minimum absolute atomic E-state index is 0.268. The van der Waals surface area contributed by atoms with Crippen molar-refractivity contribution in [3.63, 3.8) is 0 Å². The highest BCUT2D eigenvalue weighted by Gasteiger charge is 2.32. The van der Waals surface area contributed by atoms with Gasteiger partial charge in [0.15, 0.2) is 0 Å². The van der Waals surface area contributed by atoms with E-state index in [0.29, 0.717) is 5.56 Å². The minimum atomic E-state index is -4.43. The zero-order valence-electron chi connectivity index (χ0n) is 9.94. The third kappa shape index (κ3) is 4.15. The van der Waals surface area contributed by atoms with E-state index in [-0.39, 0.29) is 5.69 Å². The Morgan fingerprint density at radius 1 is 1.18 bits per heavy atom. The van der Waals surface area contributed by atoms with Crippen LogP contribution in [-0.2, 0) is 6.18 Å². The average Bonchev–Trinajstić information content (AvgIpc) is 2.13. The molecule has 0 amide bonds. The Morgan fingerprint density at radius 3 is 2.24 bits per heavy atom. The van der Waals surface area contributed by atoms with Gasteiger partial charge in [0.2, 0.25) is 0 Å². The first kappa shape index (κ1) is 13.7. The maximum absolute atomic E-state index is 12.6. The Morgan fingerprint density at radius 2 is 1.76 bits per heavy atom. The van der Waals surface area contributed by atoms with Gasteiger partial charge >= 0.3 is 6.18 Å². The third-order valence-electron chi connectivity index (χ3n) is 1.94. The fraction of sp³-hybridized carbons (Fsp3) is 0.333. The van der Waals surface area contributed by atoms with E-state index in [0.717, 1.165) is 6.07 Å². The van der Waals surface area contributed by atoms with E-state index >= 15 is 0 Å². The van der Waals surface area contributed by atoms with Crippen LogP contribution in [0.3, 0.4) is 0 Å². The summed E-state index contributed by atoms with van der Waals surface area (Å²) in [5, 5.41) is 0. The molecule has 0 unspecified atom stereocenters. The van der Waals surface area contributed by atoms with Crippen LogP contribution < -0.4 is 5.73 Å². The molecule has 0 saturated heterocycles. The van der Waals surface area contributed by atoms with Crippen molar-refractivity contribution in [2.45, 2.75) is 25.8 Å². The molecule has 92 valence electrons. The summed E-state index contributed by atoms with van der Waals surface area (Å²) in [5.74, 6) is 2.78. The number of anilines is 1. The van der Waals surface area contributed by atoms with Gasteiger partial charge < -0.3 is 5.73 Å². The van der Waals surface area contributed by atoms with Gasteiger partial charge in [-0.05, 0) is 18.2 Å². The Balaban J connectivity index is 3.17. The number of benzene rings is 1. The number of hydrogen-bond donors (Lipinski definition) is 1. The second-order valence-corrected chi connectivity index (χ2v) is 9.55. The topological polar surface area (TPSA) is 26.0 Å². The Kier molecular flexibility index (Phi) is 3.58. The third-order valence-corrected chi connectivity index (χ3v) is 2.82. The van der Waals surface area contributed by atoms with Crippen molar-refractivity contribution in [3.8, 4) is 11.5 Å². The van der Waals surface area contributed by atoms with Crippen LogP contribution in [-0.4, -0.2) is 8.07 Å². The van der Waals surface area contributed by atoms with Crippen molar-refractivity contribution in [1.82, 2.24) is 0 Å². The maximum Gasteiger partial charge on any atom is 0.418 e. The van der Waals surface area contributed by atoms with Gasteiger partial charge in [-0.1, -0.05) is 25.6 Å². The van der Waals surface area contributed by atoms with Gasteiger partial charge in [-0.25, -0.2) is 0 Å². The van der Waals surface area contributed by atoms with E-state index in [9.17, 15) is 13.2 Å². The van der Waals surface area contributed by atoms with E-state index in [1.807, 2.05) is 19.6 Å². The molecule has 0 atom stereocenters. The molecule has 0 aromatic heterocycles. The van der Waals surface area contributed by atoms with Gasteiger partial charge in [-0.15, -0.1) is 5.54 Å². The number of halogens is 3. The SMILES string of the molecule is C[Si](C)(C)C#Cc1ccc(N)c(C(F)(F)F)c1. The lowest BCUT2D eigenvalue weighted by Crippen LogP contribution is -2.16. The van der Waals surface area contributed by atoms with Gasteiger partial charge in [-0.3, -0.25) is 0 Å². The molecule has 5 heteroatoms. The van der Waals surface area contributed by atoms with E-state index in [2.05, 4.69) is 11.5 Å². The molecule has 2 N–H and O–H groups in total. The first-order chi connectivity index (χ1) is 7.59. The van der Waals surface area contributed by atoms with E-state index in [1.165, 1.54) is 12.1 Å². The van der Waals surface area contributed by atoms with E-state index in [4.69, 9.17) is 5.73 Å². The van der Waals surface area contributed by atoms with Crippen molar-refractivity contribution in [3.05, 3.63) is 29.3 Å². The summed E-state index contributed by atoms with van der Waals surface area (Å²) in [6.45, 7) is 6.09. The molecule has 1 rings (SSSR count). The molecule has 0 aliphatic heterocycles. The standard InChI is InChI=1S/C12H14F3NSi/c1-17(2,3)7-6-9-4-5-11(16)10(8-9)12(13,14)15/h4-5,8H,16H2,1-3H3. The second kappa shape index (κ2) is 4.45. The fourth-order valence-corrected chi connectivity index (χ4v) is 1.66. The molecule has 0 aliphatic rings. The molecule has 1 aromatic carbocycles. The molecule has 0 spiro atoms. The van der Waals surface area contributed by atoms with Crippen LogP contribution in [0.5, 0.6) is 0 Å². The summed E-state index contributed by atoms with van der Waals surface area (Å²) in [7, 11) is -1.59. The van der Waals surface area contributed by atoms with Crippen LogP contribution in [0.1, 0.15) is 11.1 Å². The molecule has 0 heterocycles. The number of nitrogens with two attached hydrogens (primary N) is 1. The predicted molar refractivity (Wildman–Crippen MR) is 66.1 cm³/mol. The van der Waals surface area contributed by atoms with Crippen LogP contribution in [0.15, 0.2) is 18.2 Å². The smallest absolute Gasteiger partial charge is 0.398 e. The quantitative estimate of drug-likeness (QED) is 0.429. The number of rotatable bonds is 0. The summed E-state index contributed by atoms with van der Waals surface area (Å²) in [5.41, 5.74) is 7.58. The molecular weight excluding hydrogens is 243 g/mol. The maximum atomic E-state index is 12.6. The lowest BCUT2D eigenvalue weighted by atomic mass is 10.1. The van der Waals surface area contributed by atoms with Crippen LogP contribution >= 0.6 is 0 Å². The van der Waals surface area contributed by atoms with Crippen LogP contribution in [0, 0.1) is 11.5 Å². The molecule has 17 heavy (non-hydrogen) atoms. The highest BCUT2D eigenvalue weighted by molar-refractivity contribution is 6.83. The van der Waals surface area contributed by atoms with Crippen LogP contribution in [0.2, 0.25) is 19.6 Å². The van der Waals surface area contributed by atoms with E-state index in [1.54, 1.807) is 0 Å². The lowest BCUT2D eigenvalue weighted by molar-refractivity contribution is -0.136. The molecule has 1 aromatic rings. The van der Waals surface area contributed by atoms with Gasteiger partial charge in [0.25, 0.3) is 0 Å². The Labute approximate surface area is 99.8 Å². The molecule has 1 nitrogen and oxygen atoms in total. The summed E-state index contributed by atoms with van der Waals surface area (Å²) in [6.07, 6.45) is -4.43. The van der Waals surface area contributed by atoms with Crippen molar-refractivity contribution in [2.24, 2.45) is 0 Å². The lowest BCUT2D eigenvalue weighted by Gasteiger charge is -2.10. The van der Waals surface area contributed by atoms with Crippen molar-refractivity contribution in [1.29, 1.82) is 0 Å². The predicted octanol–water partition coefficient (Wildman–Crippen LogP) is 3.52. The van der Waals surface area contributed by atoms with Gasteiger partial charge in [0, 0.05) is 11.3 Å². The second-order valence-electron chi connectivity index (χ2n) is 4.80. The van der Waals surface area contributed by atoms with Gasteiger partial charge in [0.1, 0.15) is 8.07 Å². The normalized spacial score (nSPS) is 11.9. The Bertz CT molecular complexity index is 475. The number of nitrogen functional groups attached to an aromatic ring is 1. The molecule has 0 aliphatic carbocycles. The van der Waals surface area contributed by atoms with Crippen LogP contribution in [0.25, 0.3) is 0 Å². The molecule has 0 fully saturated rings. The first-order valence-corrected chi connectivity index (χ1v) is 8.59. The van der Waals surface area contributed by atoms with Crippen molar-refractivity contribution >= 4 is 13.8 Å². The number of alkyl halides is 3. The van der Waals surface area contributed by atoms with Crippen molar-refractivity contribution < 1.29 is 13.2 Å². The zero-order valence-corrected chi connectivity index (χ0v) is 10.9. The van der Waals surface area contributed by atoms with Gasteiger partial charge in [0.05, 0.1) is 5.56 Å². The highest BCUT2D eigenvalue weighted by Crippen LogP contribution is 2.33. The summed E-state index contributed by atoms with van der Waals surface area (Å²) in [6, 6.07) is 3.76. The highest BCUT2D eigenvalue weighted by atomic mass is 28.3. The summed E-state index contributed by atoms with van der Waals surface area (Å²) in [4.78, 5) is 0. The average molecular weight is 257 g/mol. The van der Waals surface area contributed by atoms with Crippen molar-refractivity contribution in [2.75, 3.05) is 5.73 Å². The molecule has 0 bridgehead atoms. The summed E-state index contributed by atoms with van der Waals surface area (Å²) < 4.78 is 37.8. The largest absolute Gasteiger partial charge is 0.418 e. The molecule has 0 radical (unpaired) electrons. The fourth-order valence-electron chi connectivity index (χ4n) is 1.14. The molecular formula is C12H14F3NSi. The number of hydrogen-bond acceptors (Lipinski definition) is 1. The summed E-state index contributed by atoms with van der Waals surface area (Å²) >= 11 is 0. The first-order valence-electron chi connectivity index (χ1n) is 5.09. The monoisotopic (exact) mass is 257 g/mol. The Hall–Kier alpha value is -1.41. The minimum Gasteiger partial charge on any atom is -0.398 e.